The Morgan fingerprint density at radius 2 is 1.70 bits per heavy atom. The van der Waals surface area contributed by atoms with E-state index < -0.39 is 23.4 Å². The van der Waals surface area contributed by atoms with Gasteiger partial charge in [-0.2, -0.15) is 0 Å². The zero-order chi connectivity index (χ0) is 14.7. The second kappa shape index (κ2) is 5.64. The van der Waals surface area contributed by atoms with Gasteiger partial charge in [-0.1, -0.05) is 0 Å². The maximum absolute atomic E-state index is 13.5. The first-order chi connectivity index (χ1) is 9.45. The molecule has 20 heavy (non-hydrogen) atoms. The van der Waals surface area contributed by atoms with Crippen LogP contribution in [0.3, 0.4) is 0 Å². The van der Waals surface area contributed by atoms with Gasteiger partial charge < -0.3 is 11.1 Å². The summed E-state index contributed by atoms with van der Waals surface area (Å²) in [6.07, 6.45) is 0. The van der Waals surface area contributed by atoms with E-state index in [1.807, 2.05) is 0 Å². The molecule has 2 rings (SSSR count). The van der Waals surface area contributed by atoms with Crippen LogP contribution in [0, 0.1) is 17.5 Å². The summed E-state index contributed by atoms with van der Waals surface area (Å²) in [6.45, 7) is 0.00775. The van der Waals surface area contributed by atoms with Crippen LogP contribution in [0.2, 0.25) is 0 Å². The quantitative estimate of drug-likeness (QED) is 0.904. The van der Waals surface area contributed by atoms with Crippen LogP contribution < -0.4 is 11.1 Å². The van der Waals surface area contributed by atoms with E-state index in [0.29, 0.717) is 5.56 Å². The molecule has 3 nitrogen and oxygen atoms in total. The van der Waals surface area contributed by atoms with Crippen molar-refractivity contribution in [3.05, 3.63) is 65.0 Å². The highest BCUT2D eigenvalue weighted by Crippen LogP contribution is 2.17. The van der Waals surface area contributed by atoms with Crippen molar-refractivity contribution in [2.45, 2.75) is 6.54 Å². The first kappa shape index (κ1) is 13.9. The molecule has 3 N–H and O–H groups in total. The minimum absolute atomic E-state index is 0.00775. The minimum atomic E-state index is -0.715. The number of anilines is 1. The van der Waals surface area contributed by atoms with E-state index in [4.69, 9.17) is 5.73 Å². The Morgan fingerprint density at radius 1 is 1.05 bits per heavy atom. The van der Waals surface area contributed by atoms with Crippen molar-refractivity contribution in [1.82, 2.24) is 0 Å². The third-order valence-corrected chi connectivity index (χ3v) is 2.66. The van der Waals surface area contributed by atoms with Crippen LogP contribution in [0.15, 0.2) is 36.4 Å². The summed E-state index contributed by atoms with van der Waals surface area (Å²) in [6, 6.07) is 6.60. The molecule has 104 valence electrons. The fourth-order valence-corrected chi connectivity index (χ4v) is 1.72. The molecule has 0 aliphatic heterocycles. The average molecular weight is 280 g/mol. The van der Waals surface area contributed by atoms with Gasteiger partial charge in [-0.05, 0) is 35.9 Å². The Labute approximate surface area is 113 Å². The molecule has 0 atom stereocenters. The largest absolute Gasteiger partial charge is 0.379 e. The Bertz CT molecular complexity index is 639. The minimum Gasteiger partial charge on any atom is -0.379 e. The lowest BCUT2D eigenvalue weighted by atomic mass is 10.1. The van der Waals surface area contributed by atoms with E-state index in [0.717, 1.165) is 24.3 Å². The van der Waals surface area contributed by atoms with Crippen molar-refractivity contribution in [1.29, 1.82) is 0 Å². The van der Waals surface area contributed by atoms with Crippen molar-refractivity contribution in [3.63, 3.8) is 0 Å². The molecule has 2 aromatic carbocycles. The molecule has 0 fully saturated rings. The summed E-state index contributed by atoms with van der Waals surface area (Å²) in [4.78, 5) is 11.0. The summed E-state index contributed by atoms with van der Waals surface area (Å²) >= 11 is 0. The molecule has 0 bridgehead atoms. The van der Waals surface area contributed by atoms with Gasteiger partial charge in [0.15, 0.2) is 0 Å². The van der Waals surface area contributed by atoms with E-state index in [9.17, 15) is 18.0 Å². The van der Waals surface area contributed by atoms with Crippen LogP contribution >= 0.6 is 0 Å². The van der Waals surface area contributed by atoms with E-state index in [-0.39, 0.29) is 17.8 Å². The molecule has 1 amide bonds. The predicted molar refractivity (Wildman–Crippen MR) is 68.6 cm³/mol. The fourth-order valence-electron chi connectivity index (χ4n) is 1.72. The van der Waals surface area contributed by atoms with Crippen LogP contribution in [0.25, 0.3) is 0 Å². The SMILES string of the molecule is NC(=O)c1ccc(F)c(NCc2cc(F)cc(F)c2)c1. The monoisotopic (exact) mass is 280 g/mol. The number of carbonyl (C=O) groups excluding carboxylic acids is 1. The van der Waals surface area contributed by atoms with Gasteiger partial charge >= 0.3 is 0 Å². The van der Waals surface area contributed by atoms with Crippen molar-refractivity contribution >= 4 is 11.6 Å². The summed E-state index contributed by atoms with van der Waals surface area (Å²) in [5, 5.41) is 2.66. The Hall–Kier alpha value is -2.50. The molecule has 0 aliphatic carbocycles. The number of hydrogen-bond donors (Lipinski definition) is 2. The molecule has 0 aliphatic rings. The van der Waals surface area contributed by atoms with Crippen molar-refractivity contribution in [2.75, 3.05) is 5.32 Å². The van der Waals surface area contributed by atoms with Crippen LogP contribution in [0.5, 0.6) is 0 Å². The lowest BCUT2D eigenvalue weighted by Gasteiger charge is -2.09. The first-order valence-corrected chi connectivity index (χ1v) is 5.74. The summed E-state index contributed by atoms with van der Waals surface area (Å²) < 4.78 is 39.5. The average Bonchev–Trinajstić information content (AvgIpc) is 2.36. The van der Waals surface area contributed by atoms with Gasteiger partial charge in [-0.25, -0.2) is 13.2 Å². The Kier molecular flexibility index (Phi) is 3.93. The predicted octanol–water partition coefficient (Wildman–Crippen LogP) is 2.81. The topological polar surface area (TPSA) is 55.1 Å². The maximum atomic E-state index is 13.5. The van der Waals surface area contributed by atoms with Crippen molar-refractivity contribution in [2.24, 2.45) is 5.73 Å². The molecule has 0 heterocycles. The van der Waals surface area contributed by atoms with E-state index in [1.54, 1.807) is 0 Å². The molecular weight excluding hydrogens is 269 g/mol. The second-order valence-corrected chi connectivity index (χ2v) is 4.19. The van der Waals surface area contributed by atoms with Crippen LogP contribution in [0.1, 0.15) is 15.9 Å². The van der Waals surface area contributed by atoms with Crippen molar-refractivity contribution in [3.8, 4) is 0 Å². The Morgan fingerprint density at radius 3 is 2.30 bits per heavy atom. The second-order valence-electron chi connectivity index (χ2n) is 4.19. The maximum Gasteiger partial charge on any atom is 0.248 e. The number of nitrogens with one attached hydrogen (secondary N) is 1. The number of amides is 1. The number of halogens is 3. The molecule has 0 aromatic heterocycles. The molecule has 0 saturated heterocycles. The first-order valence-electron chi connectivity index (χ1n) is 5.74. The molecule has 0 spiro atoms. The van der Waals surface area contributed by atoms with Crippen LogP contribution in [-0.4, -0.2) is 5.91 Å². The zero-order valence-electron chi connectivity index (χ0n) is 10.3. The van der Waals surface area contributed by atoms with Crippen molar-refractivity contribution < 1.29 is 18.0 Å². The van der Waals surface area contributed by atoms with Gasteiger partial charge in [0, 0.05) is 18.2 Å². The highest BCUT2D eigenvalue weighted by atomic mass is 19.1. The van der Waals surface area contributed by atoms with Crippen LogP contribution in [-0.2, 0) is 6.54 Å². The van der Waals surface area contributed by atoms with E-state index in [1.165, 1.54) is 12.1 Å². The molecule has 2 aromatic rings. The number of rotatable bonds is 4. The number of benzene rings is 2. The number of hydrogen-bond acceptors (Lipinski definition) is 2. The third-order valence-electron chi connectivity index (χ3n) is 2.66. The Balaban J connectivity index is 2.18. The molecule has 6 heteroatoms. The fraction of sp³-hybridized carbons (Fsp3) is 0.0714. The highest BCUT2D eigenvalue weighted by Gasteiger charge is 2.07. The van der Waals surface area contributed by atoms with E-state index in [2.05, 4.69) is 5.32 Å². The van der Waals surface area contributed by atoms with Crippen LogP contribution in [0.4, 0.5) is 18.9 Å². The van der Waals surface area contributed by atoms with Gasteiger partial charge in [0.1, 0.15) is 17.5 Å². The molecular formula is C14H11F3N2O. The number of nitrogens with two attached hydrogens (primary N) is 1. The smallest absolute Gasteiger partial charge is 0.248 e. The number of carbonyl (C=O) groups is 1. The molecule has 0 radical (unpaired) electrons. The van der Waals surface area contributed by atoms with Gasteiger partial charge in [0.25, 0.3) is 0 Å². The van der Waals surface area contributed by atoms with Gasteiger partial charge in [-0.15, -0.1) is 0 Å². The normalized spacial score (nSPS) is 10.3. The number of primary amides is 1. The lowest BCUT2D eigenvalue weighted by molar-refractivity contribution is 0.100. The third kappa shape index (κ3) is 3.28. The summed E-state index contributed by atoms with van der Waals surface area (Å²) in [7, 11) is 0. The standard InChI is InChI=1S/C14H11F3N2O/c15-10-3-8(4-11(16)6-10)7-19-13-5-9(14(18)20)1-2-12(13)17/h1-6,19H,7H2,(H2,18,20). The summed E-state index contributed by atoms with van der Waals surface area (Å²) in [5.41, 5.74) is 5.57. The van der Waals surface area contributed by atoms with E-state index >= 15 is 0 Å². The zero-order valence-corrected chi connectivity index (χ0v) is 10.3. The van der Waals surface area contributed by atoms with Gasteiger partial charge in [0.2, 0.25) is 5.91 Å². The van der Waals surface area contributed by atoms with Gasteiger partial charge in [0.05, 0.1) is 5.69 Å². The molecule has 0 unspecified atom stereocenters. The summed E-state index contributed by atoms with van der Waals surface area (Å²) in [5.74, 6) is -2.71. The highest BCUT2D eigenvalue weighted by molar-refractivity contribution is 5.93. The molecule has 0 saturated carbocycles. The van der Waals surface area contributed by atoms with Gasteiger partial charge in [-0.3, -0.25) is 4.79 Å². The lowest BCUT2D eigenvalue weighted by Crippen LogP contribution is -2.12.